The van der Waals surface area contributed by atoms with Crippen molar-refractivity contribution in [2.75, 3.05) is 59.4 Å². The number of nitrogens with one attached hydrogen (secondary N) is 4. The Kier molecular flexibility index (Phi) is 16.6. The van der Waals surface area contributed by atoms with Gasteiger partial charge < -0.3 is 27.0 Å². The van der Waals surface area contributed by atoms with Crippen LogP contribution < -0.4 is 27.0 Å². The van der Waals surface area contributed by atoms with E-state index in [1.807, 2.05) is 7.05 Å². The van der Waals surface area contributed by atoms with E-state index < -0.39 is 0 Å². The lowest BCUT2D eigenvalue weighted by Crippen LogP contribution is -2.26. The van der Waals surface area contributed by atoms with Gasteiger partial charge in [-0.15, -0.1) is 0 Å². The Morgan fingerprint density at radius 1 is 0.611 bits per heavy atom. The number of nitrogens with two attached hydrogens (primary N) is 1. The molecule has 0 aliphatic carbocycles. The van der Waals surface area contributed by atoms with Gasteiger partial charge in [0.2, 0.25) is 0 Å². The Morgan fingerprint density at radius 3 is 1.39 bits per heavy atom. The molecule has 5 nitrogen and oxygen atoms in total. The summed E-state index contributed by atoms with van der Waals surface area (Å²) in [5, 5.41) is 13.4. The van der Waals surface area contributed by atoms with Gasteiger partial charge in [0, 0.05) is 0 Å². The normalized spacial score (nSPS) is 11.0. The van der Waals surface area contributed by atoms with Gasteiger partial charge in [-0.1, -0.05) is 0 Å². The van der Waals surface area contributed by atoms with Crippen LogP contribution in [-0.4, -0.2) is 59.4 Å². The minimum absolute atomic E-state index is 0.784. The molecule has 0 atom stereocenters. The molecule has 0 heterocycles. The van der Waals surface area contributed by atoms with Gasteiger partial charge in [-0.2, -0.15) is 0 Å². The van der Waals surface area contributed by atoms with Crippen LogP contribution in [0.15, 0.2) is 0 Å². The first-order valence-corrected chi connectivity index (χ1v) is 7.38. The molecule has 0 aromatic carbocycles. The van der Waals surface area contributed by atoms with E-state index in [9.17, 15) is 0 Å². The van der Waals surface area contributed by atoms with Crippen molar-refractivity contribution < 1.29 is 0 Å². The first-order valence-electron chi connectivity index (χ1n) is 7.38. The van der Waals surface area contributed by atoms with E-state index in [0.717, 1.165) is 58.8 Å². The Hall–Kier alpha value is -0.200. The zero-order valence-electron chi connectivity index (χ0n) is 12.1. The molecule has 0 aliphatic heterocycles. The molecule has 0 saturated heterocycles. The molecule has 0 bridgehead atoms. The molecule has 0 unspecified atom stereocenters. The molecule has 0 spiro atoms. The molecule has 0 saturated carbocycles. The van der Waals surface area contributed by atoms with Crippen molar-refractivity contribution in [2.24, 2.45) is 5.73 Å². The molecule has 0 aromatic rings. The minimum atomic E-state index is 0.784. The molecule has 6 N–H and O–H groups in total. The molecule has 110 valence electrons. The summed E-state index contributed by atoms with van der Waals surface area (Å²) in [5.41, 5.74) is 5.41. The van der Waals surface area contributed by atoms with E-state index in [-0.39, 0.29) is 0 Å². The maximum atomic E-state index is 5.41. The molecule has 0 fully saturated rings. The van der Waals surface area contributed by atoms with E-state index in [4.69, 9.17) is 5.73 Å². The predicted octanol–water partition coefficient (Wildman–Crippen LogP) is -0.506. The largest absolute Gasteiger partial charge is 0.330 e. The topological polar surface area (TPSA) is 74.1 Å². The summed E-state index contributed by atoms with van der Waals surface area (Å²) in [5.74, 6) is 0. The fourth-order valence-electron chi connectivity index (χ4n) is 1.67. The Bertz CT molecular complexity index is 127. The first kappa shape index (κ1) is 17.8. The number of rotatable bonds is 15. The molecule has 0 radical (unpaired) electrons. The highest BCUT2D eigenvalue weighted by Gasteiger charge is 1.90. The minimum Gasteiger partial charge on any atom is -0.330 e. The van der Waals surface area contributed by atoms with Gasteiger partial charge in [0.15, 0.2) is 0 Å². The average Bonchev–Trinajstić information content (AvgIpc) is 2.39. The van der Waals surface area contributed by atoms with Gasteiger partial charge >= 0.3 is 0 Å². The highest BCUT2D eigenvalue weighted by Crippen LogP contribution is 1.79. The van der Waals surface area contributed by atoms with E-state index in [2.05, 4.69) is 21.3 Å². The van der Waals surface area contributed by atoms with Crippen LogP contribution in [-0.2, 0) is 0 Å². The SMILES string of the molecule is CNCCCNCCCNCCCNCCCN. The smallest absolute Gasteiger partial charge is 0.00368 e. The maximum absolute atomic E-state index is 5.41. The summed E-state index contributed by atoms with van der Waals surface area (Å²) >= 11 is 0. The molecular weight excluding hydrogens is 226 g/mol. The Labute approximate surface area is 113 Å². The van der Waals surface area contributed by atoms with Crippen LogP contribution in [0.4, 0.5) is 0 Å². The highest BCUT2D eigenvalue weighted by atomic mass is 14.9. The van der Waals surface area contributed by atoms with Crippen molar-refractivity contribution in [1.82, 2.24) is 21.3 Å². The second-order valence-electron chi connectivity index (χ2n) is 4.56. The first-order chi connectivity index (χ1) is 8.91. The third-order valence-electron chi connectivity index (χ3n) is 2.75. The zero-order chi connectivity index (χ0) is 13.3. The van der Waals surface area contributed by atoms with Crippen molar-refractivity contribution in [2.45, 2.75) is 25.7 Å². The molecule has 0 aromatic heterocycles. The second kappa shape index (κ2) is 16.8. The third-order valence-corrected chi connectivity index (χ3v) is 2.75. The van der Waals surface area contributed by atoms with Gasteiger partial charge in [-0.3, -0.25) is 0 Å². The van der Waals surface area contributed by atoms with Crippen LogP contribution in [0, 0.1) is 0 Å². The quantitative estimate of drug-likeness (QED) is 0.256. The van der Waals surface area contributed by atoms with Crippen LogP contribution in [0.3, 0.4) is 0 Å². The van der Waals surface area contributed by atoms with Gasteiger partial charge in [0.05, 0.1) is 0 Å². The van der Waals surface area contributed by atoms with Crippen LogP contribution in [0.25, 0.3) is 0 Å². The number of hydrogen-bond donors (Lipinski definition) is 5. The van der Waals surface area contributed by atoms with E-state index in [0.29, 0.717) is 0 Å². The second-order valence-corrected chi connectivity index (χ2v) is 4.56. The van der Waals surface area contributed by atoms with Gasteiger partial charge in [-0.25, -0.2) is 0 Å². The van der Waals surface area contributed by atoms with Crippen LogP contribution in [0.2, 0.25) is 0 Å². The van der Waals surface area contributed by atoms with Crippen LogP contribution >= 0.6 is 0 Å². The van der Waals surface area contributed by atoms with Crippen LogP contribution in [0.5, 0.6) is 0 Å². The molecular formula is C13H33N5. The average molecular weight is 259 g/mol. The lowest BCUT2D eigenvalue weighted by molar-refractivity contribution is 0.555. The zero-order valence-corrected chi connectivity index (χ0v) is 12.1. The van der Waals surface area contributed by atoms with Gasteiger partial charge in [0.25, 0.3) is 0 Å². The maximum Gasteiger partial charge on any atom is -0.00368 e. The lowest BCUT2D eigenvalue weighted by Gasteiger charge is -2.07. The standard InChI is InChI=1S/C13H33N5/c1-15-7-3-9-17-11-5-13-18-12-4-10-16-8-2-6-14/h15-18H,2-14H2,1H3. The summed E-state index contributed by atoms with van der Waals surface area (Å²) in [6, 6.07) is 0. The monoisotopic (exact) mass is 259 g/mol. The number of hydrogen-bond acceptors (Lipinski definition) is 5. The van der Waals surface area contributed by atoms with E-state index in [1.54, 1.807) is 0 Å². The van der Waals surface area contributed by atoms with Crippen molar-refractivity contribution in [3.63, 3.8) is 0 Å². The molecule has 0 aliphatic rings. The Morgan fingerprint density at radius 2 is 1.00 bits per heavy atom. The molecule has 5 heteroatoms. The molecule has 0 rings (SSSR count). The van der Waals surface area contributed by atoms with E-state index >= 15 is 0 Å². The molecule has 18 heavy (non-hydrogen) atoms. The van der Waals surface area contributed by atoms with Crippen LogP contribution in [0.1, 0.15) is 25.7 Å². The summed E-state index contributed by atoms with van der Waals surface area (Å²) in [6.45, 7) is 8.48. The van der Waals surface area contributed by atoms with Crippen molar-refractivity contribution in [3.05, 3.63) is 0 Å². The van der Waals surface area contributed by atoms with Crippen molar-refractivity contribution in [3.8, 4) is 0 Å². The summed E-state index contributed by atoms with van der Waals surface area (Å²) in [6.07, 6.45) is 4.69. The van der Waals surface area contributed by atoms with Crippen molar-refractivity contribution >= 4 is 0 Å². The summed E-state index contributed by atoms with van der Waals surface area (Å²) in [4.78, 5) is 0. The fraction of sp³-hybridized carbons (Fsp3) is 1.00. The predicted molar refractivity (Wildman–Crippen MR) is 80.1 cm³/mol. The van der Waals surface area contributed by atoms with Gasteiger partial charge in [0.1, 0.15) is 0 Å². The van der Waals surface area contributed by atoms with E-state index in [1.165, 1.54) is 19.3 Å². The summed E-state index contributed by atoms with van der Waals surface area (Å²) in [7, 11) is 1.99. The van der Waals surface area contributed by atoms with Crippen molar-refractivity contribution in [1.29, 1.82) is 0 Å². The summed E-state index contributed by atoms with van der Waals surface area (Å²) < 4.78 is 0. The lowest BCUT2D eigenvalue weighted by atomic mass is 10.3. The fourth-order valence-corrected chi connectivity index (χ4v) is 1.67. The van der Waals surface area contributed by atoms with Gasteiger partial charge in [-0.05, 0) is 85.1 Å². The molecule has 0 amide bonds. The third kappa shape index (κ3) is 15.8. The highest BCUT2D eigenvalue weighted by molar-refractivity contribution is 4.55. The Balaban J connectivity index is 2.86.